The molecule has 0 heterocycles. The van der Waals surface area contributed by atoms with Gasteiger partial charge in [0.1, 0.15) is 0 Å². The van der Waals surface area contributed by atoms with Crippen LogP contribution >= 0.6 is 0 Å². The first-order valence-corrected chi connectivity index (χ1v) is 9.01. The lowest BCUT2D eigenvalue weighted by Gasteiger charge is -2.06. The molecule has 0 saturated carbocycles. The standard InChI is InChI=1S/C20H30O3/c1-2-3-4-5-6-7-8-9-10-13-16-23-20(22)19-15-12-11-14-18(19)17-21/h11-12,14-15,17H,2-10,13,16H2,1H3. The molecule has 0 unspecified atom stereocenters. The van der Waals surface area contributed by atoms with Gasteiger partial charge in [-0.1, -0.05) is 82.9 Å². The Morgan fingerprint density at radius 2 is 1.48 bits per heavy atom. The number of carbonyl (C=O) groups excluding carboxylic acids is 2. The molecule has 3 heteroatoms. The predicted octanol–water partition coefficient (Wildman–Crippen LogP) is 5.58. The molecule has 1 rings (SSSR count). The molecule has 0 aliphatic rings. The van der Waals surface area contributed by atoms with Gasteiger partial charge in [-0.25, -0.2) is 4.79 Å². The lowest BCUT2D eigenvalue weighted by molar-refractivity contribution is 0.0495. The highest BCUT2D eigenvalue weighted by Gasteiger charge is 2.11. The molecule has 0 amide bonds. The molecule has 128 valence electrons. The van der Waals surface area contributed by atoms with Crippen LogP contribution < -0.4 is 0 Å². The summed E-state index contributed by atoms with van der Waals surface area (Å²) in [5.41, 5.74) is 0.746. The first kappa shape index (κ1) is 19.4. The lowest BCUT2D eigenvalue weighted by atomic mass is 10.1. The van der Waals surface area contributed by atoms with Crippen LogP contribution in [0.25, 0.3) is 0 Å². The minimum absolute atomic E-state index is 0.356. The Kier molecular flexibility index (Phi) is 10.9. The molecular formula is C20H30O3. The Morgan fingerprint density at radius 3 is 2.09 bits per heavy atom. The predicted molar refractivity (Wildman–Crippen MR) is 94.0 cm³/mol. The van der Waals surface area contributed by atoms with E-state index in [1.54, 1.807) is 24.3 Å². The van der Waals surface area contributed by atoms with E-state index < -0.39 is 5.97 Å². The number of ether oxygens (including phenoxy) is 1. The summed E-state index contributed by atoms with van der Waals surface area (Å²) in [5.74, 6) is -0.399. The number of unbranched alkanes of at least 4 members (excludes halogenated alkanes) is 9. The summed E-state index contributed by atoms with van der Waals surface area (Å²) in [5, 5.41) is 0. The van der Waals surface area contributed by atoms with Gasteiger partial charge in [-0.3, -0.25) is 4.79 Å². The van der Waals surface area contributed by atoms with E-state index >= 15 is 0 Å². The number of carbonyl (C=O) groups is 2. The van der Waals surface area contributed by atoms with Crippen molar-refractivity contribution in [2.45, 2.75) is 71.1 Å². The Labute approximate surface area is 140 Å². The third kappa shape index (κ3) is 8.53. The summed E-state index contributed by atoms with van der Waals surface area (Å²) in [7, 11) is 0. The highest BCUT2D eigenvalue weighted by Crippen LogP contribution is 2.11. The van der Waals surface area contributed by atoms with Crippen molar-refractivity contribution in [3.05, 3.63) is 35.4 Å². The molecular weight excluding hydrogens is 288 g/mol. The van der Waals surface area contributed by atoms with Gasteiger partial charge in [0.15, 0.2) is 6.29 Å². The molecule has 0 spiro atoms. The summed E-state index contributed by atoms with van der Waals surface area (Å²) in [4.78, 5) is 22.8. The van der Waals surface area contributed by atoms with E-state index in [9.17, 15) is 9.59 Å². The van der Waals surface area contributed by atoms with Gasteiger partial charge in [0.2, 0.25) is 0 Å². The largest absolute Gasteiger partial charge is 0.462 e. The van der Waals surface area contributed by atoms with Crippen molar-refractivity contribution >= 4 is 12.3 Å². The summed E-state index contributed by atoms with van der Waals surface area (Å²) in [6.45, 7) is 2.67. The summed E-state index contributed by atoms with van der Waals surface area (Å²) in [6.07, 6.45) is 13.2. The van der Waals surface area contributed by atoms with Crippen LogP contribution in [-0.2, 0) is 4.74 Å². The smallest absolute Gasteiger partial charge is 0.338 e. The summed E-state index contributed by atoms with van der Waals surface area (Å²) in [6, 6.07) is 6.74. The van der Waals surface area contributed by atoms with Gasteiger partial charge in [-0.05, 0) is 12.5 Å². The van der Waals surface area contributed by atoms with Crippen molar-refractivity contribution in [2.75, 3.05) is 6.61 Å². The molecule has 0 N–H and O–H groups in total. The number of hydrogen-bond acceptors (Lipinski definition) is 3. The van der Waals surface area contributed by atoms with E-state index in [4.69, 9.17) is 4.74 Å². The summed E-state index contributed by atoms with van der Waals surface area (Å²) < 4.78 is 5.24. The van der Waals surface area contributed by atoms with Gasteiger partial charge in [-0.2, -0.15) is 0 Å². The first-order valence-electron chi connectivity index (χ1n) is 9.01. The van der Waals surface area contributed by atoms with Gasteiger partial charge < -0.3 is 4.74 Å². The number of hydrogen-bond donors (Lipinski definition) is 0. The maximum atomic E-state index is 11.9. The molecule has 0 aromatic heterocycles. The lowest BCUT2D eigenvalue weighted by Crippen LogP contribution is -2.09. The SMILES string of the molecule is CCCCCCCCCCCCOC(=O)c1ccccc1C=O. The monoisotopic (exact) mass is 318 g/mol. The van der Waals surface area contributed by atoms with E-state index in [-0.39, 0.29) is 0 Å². The molecule has 0 aliphatic heterocycles. The fourth-order valence-electron chi connectivity index (χ4n) is 2.62. The van der Waals surface area contributed by atoms with Crippen LogP contribution in [0.1, 0.15) is 91.8 Å². The highest BCUT2D eigenvalue weighted by molar-refractivity contribution is 5.98. The third-order valence-electron chi connectivity index (χ3n) is 4.04. The molecule has 0 atom stereocenters. The van der Waals surface area contributed by atoms with Crippen molar-refractivity contribution < 1.29 is 14.3 Å². The maximum Gasteiger partial charge on any atom is 0.338 e. The van der Waals surface area contributed by atoms with Gasteiger partial charge >= 0.3 is 5.97 Å². The normalized spacial score (nSPS) is 10.5. The molecule has 23 heavy (non-hydrogen) atoms. The second-order valence-electron chi connectivity index (χ2n) is 6.02. The molecule has 0 radical (unpaired) electrons. The molecule has 1 aromatic carbocycles. The Hall–Kier alpha value is -1.64. The minimum atomic E-state index is -0.399. The second-order valence-corrected chi connectivity index (χ2v) is 6.02. The second kappa shape index (κ2) is 12.9. The highest BCUT2D eigenvalue weighted by atomic mass is 16.5. The van der Waals surface area contributed by atoms with Crippen LogP contribution in [0.3, 0.4) is 0 Å². The molecule has 1 aromatic rings. The van der Waals surface area contributed by atoms with Crippen molar-refractivity contribution in [3.8, 4) is 0 Å². The minimum Gasteiger partial charge on any atom is -0.462 e. The average Bonchev–Trinajstić information content (AvgIpc) is 2.59. The third-order valence-corrected chi connectivity index (χ3v) is 4.04. The van der Waals surface area contributed by atoms with Gasteiger partial charge in [-0.15, -0.1) is 0 Å². The Bertz CT molecular complexity index is 454. The van der Waals surface area contributed by atoms with E-state index in [1.807, 2.05) is 0 Å². The van der Waals surface area contributed by atoms with E-state index in [2.05, 4.69) is 6.92 Å². The van der Waals surface area contributed by atoms with Crippen molar-refractivity contribution in [3.63, 3.8) is 0 Å². The first-order chi connectivity index (χ1) is 11.3. The van der Waals surface area contributed by atoms with Gasteiger partial charge in [0.05, 0.1) is 12.2 Å². The average molecular weight is 318 g/mol. The van der Waals surface area contributed by atoms with Crippen LogP contribution in [0.4, 0.5) is 0 Å². The van der Waals surface area contributed by atoms with Gasteiger partial charge in [0, 0.05) is 5.56 Å². The maximum absolute atomic E-state index is 11.9. The Morgan fingerprint density at radius 1 is 0.913 bits per heavy atom. The van der Waals surface area contributed by atoms with E-state index in [1.165, 1.54) is 51.4 Å². The van der Waals surface area contributed by atoms with Crippen LogP contribution in [0.5, 0.6) is 0 Å². The Balaban J connectivity index is 2.02. The van der Waals surface area contributed by atoms with Crippen LogP contribution in [0.2, 0.25) is 0 Å². The van der Waals surface area contributed by atoms with Gasteiger partial charge in [0.25, 0.3) is 0 Å². The van der Waals surface area contributed by atoms with Crippen LogP contribution in [0, 0.1) is 0 Å². The van der Waals surface area contributed by atoms with Crippen LogP contribution in [-0.4, -0.2) is 18.9 Å². The number of aldehydes is 1. The quantitative estimate of drug-likeness (QED) is 0.271. The van der Waals surface area contributed by atoms with Crippen molar-refractivity contribution in [1.82, 2.24) is 0 Å². The van der Waals surface area contributed by atoms with Crippen molar-refractivity contribution in [2.24, 2.45) is 0 Å². The van der Waals surface area contributed by atoms with E-state index in [0.717, 1.165) is 12.8 Å². The van der Waals surface area contributed by atoms with E-state index in [0.29, 0.717) is 24.0 Å². The number of esters is 1. The zero-order chi connectivity index (χ0) is 16.8. The molecule has 0 fully saturated rings. The molecule has 0 bridgehead atoms. The number of rotatable bonds is 13. The fraction of sp³-hybridized carbons (Fsp3) is 0.600. The molecule has 3 nitrogen and oxygen atoms in total. The number of benzene rings is 1. The zero-order valence-corrected chi connectivity index (χ0v) is 14.4. The fourth-order valence-corrected chi connectivity index (χ4v) is 2.62. The van der Waals surface area contributed by atoms with Crippen molar-refractivity contribution in [1.29, 1.82) is 0 Å². The van der Waals surface area contributed by atoms with Crippen LogP contribution in [0.15, 0.2) is 24.3 Å². The zero-order valence-electron chi connectivity index (χ0n) is 14.4. The summed E-state index contributed by atoms with van der Waals surface area (Å²) >= 11 is 0. The topological polar surface area (TPSA) is 43.4 Å². The molecule has 0 aliphatic carbocycles. The molecule has 0 saturated heterocycles.